The molecule has 0 spiro atoms. The van der Waals surface area contributed by atoms with Gasteiger partial charge in [0, 0.05) is 37.0 Å². The maximum Gasteiger partial charge on any atom is 0.243 e. The minimum Gasteiger partial charge on any atom is -0.352 e. The summed E-state index contributed by atoms with van der Waals surface area (Å²) in [4.78, 5) is 28.8. The van der Waals surface area contributed by atoms with E-state index in [0.29, 0.717) is 17.1 Å². The molecule has 3 rings (SSSR count). The normalized spacial score (nSPS) is 12.1. The van der Waals surface area contributed by atoms with Crippen LogP contribution in [0.2, 0.25) is 5.02 Å². The first-order valence-electron chi connectivity index (χ1n) is 13.0. The first kappa shape index (κ1) is 30.2. The van der Waals surface area contributed by atoms with Crippen molar-refractivity contribution in [3.63, 3.8) is 0 Å². The summed E-state index contributed by atoms with van der Waals surface area (Å²) in [5, 5.41) is 3.48. The van der Waals surface area contributed by atoms with Crippen LogP contribution in [0.1, 0.15) is 37.8 Å². The topological polar surface area (TPSA) is 86.8 Å². The van der Waals surface area contributed by atoms with Gasteiger partial charge in [0.05, 0.1) is 11.9 Å². The molecule has 39 heavy (non-hydrogen) atoms. The molecular formula is C30H36ClN3O4S. The SMILES string of the molecule is CC(C)NC(=O)C(Cc1ccccc1)N(Cc1ccccc1)C(=O)CCCN(c1ccc(Cl)cc1)S(C)(=O)=O. The van der Waals surface area contributed by atoms with E-state index >= 15 is 0 Å². The minimum absolute atomic E-state index is 0.0761. The molecule has 2 amide bonds. The predicted octanol–water partition coefficient (Wildman–Crippen LogP) is 5.05. The van der Waals surface area contributed by atoms with Gasteiger partial charge in [-0.1, -0.05) is 72.3 Å². The zero-order valence-electron chi connectivity index (χ0n) is 22.6. The lowest BCUT2D eigenvalue weighted by Crippen LogP contribution is -2.51. The number of amides is 2. The van der Waals surface area contributed by atoms with Crippen molar-refractivity contribution in [2.75, 3.05) is 17.1 Å². The van der Waals surface area contributed by atoms with E-state index in [-0.39, 0.29) is 43.8 Å². The van der Waals surface area contributed by atoms with Gasteiger partial charge in [-0.2, -0.15) is 0 Å². The fourth-order valence-corrected chi connectivity index (χ4v) is 5.42. The molecule has 0 saturated carbocycles. The van der Waals surface area contributed by atoms with Crippen LogP contribution in [0.5, 0.6) is 0 Å². The van der Waals surface area contributed by atoms with Crippen LogP contribution in [0.15, 0.2) is 84.9 Å². The summed E-state index contributed by atoms with van der Waals surface area (Å²) in [5.41, 5.74) is 2.33. The number of carbonyl (C=O) groups is 2. The molecule has 0 aromatic heterocycles. The average molecular weight is 570 g/mol. The number of sulfonamides is 1. The van der Waals surface area contributed by atoms with Gasteiger partial charge in [-0.3, -0.25) is 13.9 Å². The number of anilines is 1. The average Bonchev–Trinajstić information content (AvgIpc) is 2.89. The van der Waals surface area contributed by atoms with Crippen molar-refractivity contribution in [1.29, 1.82) is 0 Å². The number of hydrogen-bond donors (Lipinski definition) is 1. The quantitative estimate of drug-likeness (QED) is 0.312. The summed E-state index contributed by atoms with van der Waals surface area (Å²) >= 11 is 5.97. The fraction of sp³-hybridized carbons (Fsp3) is 0.333. The van der Waals surface area contributed by atoms with Gasteiger partial charge in [-0.05, 0) is 55.7 Å². The Hall–Kier alpha value is -3.36. The van der Waals surface area contributed by atoms with Crippen LogP contribution in [-0.4, -0.2) is 50.0 Å². The molecule has 3 aromatic rings. The molecule has 0 aliphatic rings. The summed E-state index contributed by atoms with van der Waals surface area (Å²) in [6.45, 7) is 4.15. The van der Waals surface area contributed by atoms with E-state index in [2.05, 4.69) is 5.32 Å². The maximum absolute atomic E-state index is 13.7. The van der Waals surface area contributed by atoms with Crippen molar-refractivity contribution in [3.05, 3.63) is 101 Å². The summed E-state index contributed by atoms with van der Waals surface area (Å²) in [6, 6.07) is 24.9. The van der Waals surface area contributed by atoms with Crippen LogP contribution < -0.4 is 9.62 Å². The third-order valence-corrected chi connectivity index (χ3v) is 7.61. The van der Waals surface area contributed by atoms with Crippen LogP contribution in [0.3, 0.4) is 0 Å². The van der Waals surface area contributed by atoms with E-state index in [1.165, 1.54) is 4.31 Å². The fourth-order valence-electron chi connectivity index (χ4n) is 4.33. The molecule has 0 aliphatic heterocycles. The predicted molar refractivity (Wildman–Crippen MR) is 157 cm³/mol. The molecule has 1 unspecified atom stereocenters. The van der Waals surface area contributed by atoms with E-state index in [1.807, 2.05) is 74.5 Å². The Morgan fingerprint density at radius 3 is 1.97 bits per heavy atom. The summed E-state index contributed by atoms with van der Waals surface area (Å²) < 4.78 is 26.3. The molecule has 208 valence electrons. The van der Waals surface area contributed by atoms with Crippen molar-refractivity contribution < 1.29 is 18.0 Å². The first-order valence-corrected chi connectivity index (χ1v) is 15.2. The number of carbonyl (C=O) groups excluding carboxylic acids is 2. The minimum atomic E-state index is -3.58. The molecule has 0 radical (unpaired) electrons. The van der Waals surface area contributed by atoms with Gasteiger partial charge in [0.2, 0.25) is 21.8 Å². The van der Waals surface area contributed by atoms with Gasteiger partial charge in [0.1, 0.15) is 6.04 Å². The van der Waals surface area contributed by atoms with Crippen LogP contribution in [0.4, 0.5) is 5.69 Å². The van der Waals surface area contributed by atoms with Crippen LogP contribution in [0.25, 0.3) is 0 Å². The third-order valence-electron chi connectivity index (χ3n) is 6.16. The van der Waals surface area contributed by atoms with Gasteiger partial charge in [-0.15, -0.1) is 0 Å². The maximum atomic E-state index is 13.7. The Morgan fingerprint density at radius 1 is 0.872 bits per heavy atom. The Bertz CT molecular complexity index is 1320. The van der Waals surface area contributed by atoms with E-state index in [1.54, 1.807) is 29.2 Å². The summed E-state index contributed by atoms with van der Waals surface area (Å²) in [5.74, 6) is -0.444. The zero-order chi connectivity index (χ0) is 28.4. The molecule has 9 heteroatoms. The Kier molecular flexibility index (Phi) is 10.9. The highest BCUT2D eigenvalue weighted by Gasteiger charge is 2.30. The largest absolute Gasteiger partial charge is 0.352 e. The second kappa shape index (κ2) is 14.1. The molecule has 0 bridgehead atoms. The van der Waals surface area contributed by atoms with E-state index in [9.17, 15) is 18.0 Å². The van der Waals surface area contributed by atoms with Gasteiger partial charge in [0.15, 0.2) is 0 Å². The molecule has 3 aromatic carbocycles. The lowest BCUT2D eigenvalue weighted by molar-refractivity contribution is -0.141. The Morgan fingerprint density at radius 2 is 1.44 bits per heavy atom. The summed E-state index contributed by atoms with van der Waals surface area (Å²) in [7, 11) is -3.58. The summed E-state index contributed by atoms with van der Waals surface area (Å²) in [6.07, 6.45) is 1.85. The van der Waals surface area contributed by atoms with Gasteiger partial charge in [-0.25, -0.2) is 8.42 Å². The second-order valence-corrected chi connectivity index (χ2v) is 12.1. The van der Waals surface area contributed by atoms with Crippen LogP contribution in [-0.2, 0) is 32.6 Å². The van der Waals surface area contributed by atoms with Gasteiger partial charge >= 0.3 is 0 Å². The molecule has 0 heterocycles. The van der Waals surface area contributed by atoms with E-state index in [0.717, 1.165) is 17.4 Å². The van der Waals surface area contributed by atoms with Crippen LogP contribution >= 0.6 is 11.6 Å². The van der Waals surface area contributed by atoms with Crippen molar-refractivity contribution >= 4 is 39.1 Å². The molecule has 7 nitrogen and oxygen atoms in total. The lowest BCUT2D eigenvalue weighted by atomic mass is 10.0. The molecule has 0 fully saturated rings. The standard InChI is InChI=1S/C30H36ClN3O4S/c1-23(2)32-30(36)28(21-24-11-6-4-7-12-24)33(22-25-13-8-5-9-14-25)29(35)15-10-20-34(39(3,37)38)27-18-16-26(31)17-19-27/h4-9,11-14,16-19,23,28H,10,15,20-22H2,1-3H3,(H,32,36). The second-order valence-electron chi connectivity index (χ2n) is 9.79. The molecule has 0 saturated heterocycles. The van der Waals surface area contributed by atoms with Gasteiger partial charge in [0.25, 0.3) is 0 Å². The highest BCUT2D eigenvalue weighted by molar-refractivity contribution is 7.92. The van der Waals surface area contributed by atoms with E-state index in [4.69, 9.17) is 11.6 Å². The molecule has 1 atom stereocenters. The molecule has 0 aliphatic carbocycles. The number of rotatable bonds is 13. The number of benzene rings is 3. The number of halogens is 1. The van der Waals surface area contributed by atoms with Crippen LogP contribution in [0, 0.1) is 0 Å². The van der Waals surface area contributed by atoms with E-state index < -0.39 is 16.1 Å². The molecule has 1 N–H and O–H groups in total. The highest BCUT2D eigenvalue weighted by atomic mass is 35.5. The van der Waals surface area contributed by atoms with Crippen molar-refractivity contribution in [1.82, 2.24) is 10.2 Å². The highest BCUT2D eigenvalue weighted by Crippen LogP contribution is 2.22. The number of hydrogen-bond acceptors (Lipinski definition) is 4. The first-order chi connectivity index (χ1) is 18.5. The number of nitrogens with zero attached hydrogens (tertiary/aromatic N) is 2. The Balaban J connectivity index is 1.85. The zero-order valence-corrected chi connectivity index (χ0v) is 24.2. The van der Waals surface area contributed by atoms with Crippen molar-refractivity contribution in [2.24, 2.45) is 0 Å². The van der Waals surface area contributed by atoms with Crippen molar-refractivity contribution in [3.8, 4) is 0 Å². The smallest absolute Gasteiger partial charge is 0.243 e. The number of nitrogens with one attached hydrogen (secondary N) is 1. The van der Waals surface area contributed by atoms with Gasteiger partial charge < -0.3 is 10.2 Å². The lowest BCUT2D eigenvalue weighted by Gasteiger charge is -2.32. The molecular weight excluding hydrogens is 534 g/mol. The monoisotopic (exact) mass is 569 g/mol. The third kappa shape index (κ3) is 9.41. The Labute approximate surface area is 236 Å². The van der Waals surface area contributed by atoms with Crippen molar-refractivity contribution in [2.45, 2.75) is 51.7 Å².